The van der Waals surface area contributed by atoms with Crippen LogP contribution in [-0.2, 0) is 6.42 Å². The minimum Gasteiger partial charge on any atom is -0.441 e. The largest absolute Gasteiger partial charge is 0.441 e. The number of rotatable bonds is 4. The highest BCUT2D eigenvalue weighted by molar-refractivity contribution is 5.72. The van der Waals surface area contributed by atoms with E-state index in [4.69, 9.17) is 4.42 Å². The number of hydrogen-bond donors (Lipinski definition) is 1. The maximum Gasteiger partial charge on any atom is 0.198 e. The van der Waals surface area contributed by atoms with Crippen LogP contribution in [-0.4, -0.2) is 16.2 Å². The molecule has 1 heterocycles. The molecule has 0 radical (unpaired) electrons. The van der Waals surface area contributed by atoms with Gasteiger partial charge in [-0.1, -0.05) is 25.0 Å². The first-order valence-corrected chi connectivity index (χ1v) is 5.84. The van der Waals surface area contributed by atoms with E-state index in [0.717, 1.165) is 23.4 Å². The number of aromatic nitrogens is 1. The number of fused-ring (bicyclic) bond motifs is 1. The molecule has 3 heteroatoms. The average Bonchev–Trinajstić information content (AvgIpc) is 2.97. The molecule has 1 unspecified atom stereocenters. The second-order valence-electron chi connectivity index (χ2n) is 4.61. The molecule has 0 spiro atoms. The molecule has 3 nitrogen and oxygen atoms in total. The average molecular weight is 217 g/mol. The predicted molar refractivity (Wildman–Crippen MR) is 61.1 cm³/mol. The van der Waals surface area contributed by atoms with Crippen molar-refractivity contribution in [3.8, 4) is 0 Å². The van der Waals surface area contributed by atoms with Crippen LogP contribution in [0.5, 0.6) is 0 Å². The first-order valence-electron chi connectivity index (χ1n) is 5.84. The lowest BCUT2D eigenvalue weighted by Crippen LogP contribution is -2.11. The summed E-state index contributed by atoms with van der Waals surface area (Å²) in [6.45, 7) is 0. The first kappa shape index (κ1) is 9.85. The maximum absolute atomic E-state index is 9.84. The quantitative estimate of drug-likeness (QED) is 0.856. The summed E-state index contributed by atoms with van der Waals surface area (Å²) < 4.78 is 5.57. The highest BCUT2D eigenvalue weighted by Crippen LogP contribution is 2.34. The summed E-state index contributed by atoms with van der Waals surface area (Å²) in [6, 6.07) is 7.70. The zero-order valence-electron chi connectivity index (χ0n) is 9.10. The number of aliphatic hydroxyl groups excluding tert-OH is 1. The lowest BCUT2D eigenvalue weighted by atomic mass is 10.1. The standard InChI is InChI=1S/C13H15NO2/c15-10(7-9-5-6-9)8-13-14-11-3-1-2-4-12(11)16-13/h1-4,9-10,15H,5-8H2. The predicted octanol–water partition coefficient (Wildman–Crippen LogP) is 2.53. The van der Waals surface area contributed by atoms with Gasteiger partial charge in [0.2, 0.25) is 0 Å². The maximum atomic E-state index is 9.84. The smallest absolute Gasteiger partial charge is 0.198 e. The Morgan fingerprint density at radius 3 is 2.94 bits per heavy atom. The molecule has 16 heavy (non-hydrogen) atoms. The van der Waals surface area contributed by atoms with Crippen molar-refractivity contribution in [1.82, 2.24) is 4.98 Å². The van der Waals surface area contributed by atoms with Gasteiger partial charge in [0.1, 0.15) is 5.52 Å². The van der Waals surface area contributed by atoms with Gasteiger partial charge in [-0.2, -0.15) is 0 Å². The van der Waals surface area contributed by atoms with E-state index in [1.165, 1.54) is 12.8 Å². The lowest BCUT2D eigenvalue weighted by molar-refractivity contribution is 0.150. The van der Waals surface area contributed by atoms with Crippen LogP contribution in [0.4, 0.5) is 0 Å². The number of aliphatic hydroxyl groups is 1. The third-order valence-electron chi connectivity index (χ3n) is 3.05. The van der Waals surface area contributed by atoms with Crippen LogP contribution < -0.4 is 0 Å². The first-order chi connectivity index (χ1) is 7.81. The molecule has 1 saturated carbocycles. The van der Waals surface area contributed by atoms with Crippen molar-refractivity contribution in [2.45, 2.75) is 31.8 Å². The van der Waals surface area contributed by atoms with E-state index in [-0.39, 0.29) is 6.10 Å². The molecule has 3 rings (SSSR count). The summed E-state index contributed by atoms with van der Waals surface area (Å²) in [6.07, 6.45) is 3.65. The van der Waals surface area contributed by atoms with Gasteiger partial charge in [0.15, 0.2) is 11.5 Å². The molecule has 1 aliphatic rings. The SMILES string of the molecule is OC(Cc1nc2ccccc2o1)CC1CC1. The topological polar surface area (TPSA) is 46.3 Å². The fraction of sp³-hybridized carbons (Fsp3) is 0.462. The summed E-state index contributed by atoms with van der Waals surface area (Å²) in [5, 5.41) is 9.84. The summed E-state index contributed by atoms with van der Waals surface area (Å²) in [5.41, 5.74) is 1.67. The summed E-state index contributed by atoms with van der Waals surface area (Å²) in [4.78, 5) is 4.35. The zero-order valence-corrected chi connectivity index (χ0v) is 9.10. The molecule has 0 bridgehead atoms. The van der Waals surface area contributed by atoms with Crippen LogP contribution in [0.1, 0.15) is 25.2 Å². The normalized spacial score (nSPS) is 17.8. The van der Waals surface area contributed by atoms with Gasteiger partial charge in [-0.05, 0) is 24.5 Å². The highest BCUT2D eigenvalue weighted by Gasteiger charge is 2.25. The molecule has 84 valence electrons. The van der Waals surface area contributed by atoms with E-state index in [1.54, 1.807) is 0 Å². The molecule has 1 aromatic heterocycles. The van der Waals surface area contributed by atoms with Gasteiger partial charge >= 0.3 is 0 Å². The molecule has 1 atom stereocenters. The van der Waals surface area contributed by atoms with E-state index >= 15 is 0 Å². The van der Waals surface area contributed by atoms with Crippen molar-refractivity contribution >= 4 is 11.1 Å². The molecule has 0 saturated heterocycles. The molecule has 1 N–H and O–H groups in total. The molecule has 1 fully saturated rings. The van der Waals surface area contributed by atoms with Gasteiger partial charge in [0.25, 0.3) is 0 Å². The summed E-state index contributed by atoms with van der Waals surface area (Å²) >= 11 is 0. The van der Waals surface area contributed by atoms with Gasteiger partial charge < -0.3 is 9.52 Å². The van der Waals surface area contributed by atoms with Gasteiger partial charge in [-0.15, -0.1) is 0 Å². The van der Waals surface area contributed by atoms with Crippen LogP contribution in [0.3, 0.4) is 0 Å². The van der Waals surface area contributed by atoms with E-state index < -0.39 is 0 Å². The van der Waals surface area contributed by atoms with E-state index in [1.807, 2.05) is 24.3 Å². The van der Waals surface area contributed by atoms with Gasteiger partial charge in [0, 0.05) is 0 Å². The van der Waals surface area contributed by atoms with Crippen molar-refractivity contribution in [3.05, 3.63) is 30.2 Å². The molecule has 1 aliphatic carbocycles. The van der Waals surface area contributed by atoms with Crippen molar-refractivity contribution in [2.24, 2.45) is 5.92 Å². The molecule has 0 aliphatic heterocycles. The second kappa shape index (κ2) is 3.91. The molecular weight excluding hydrogens is 202 g/mol. The number of hydrogen-bond acceptors (Lipinski definition) is 3. The minimum atomic E-state index is -0.305. The van der Waals surface area contributed by atoms with Gasteiger partial charge in [-0.25, -0.2) is 4.98 Å². The third kappa shape index (κ3) is 2.09. The Morgan fingerprint density at radius 1 is 1.38 bits per heavy atom. The molecule has 0 amide bonds. The second-order valence-corrected chi connectivity index (χ2v) is 4.61. The Hall–Kier alpha value is -1.35. The Morgan fingerprint density at radius 2 is 2.19 bits per heavy atom. The van der Waals surface area contributed by atoms with E-state index in [0.29, 0.717) is 12.3 Å². The van der Waals surface area contributed by atoms with Gasteiger partial charge in [0.05, 0.1) is 12.5 Å². The number of para-hydroxylation sites is 2. The molecular formula is C13H15NO2. The number of benzene rings is 1. The van der Waals surface area contributed by atoms with Crippen LogP contribution in [0.2, 0.25) is 0 Å². The van der Waals surface area contributed by atoms with Crippen molar-refractivity contribution in [1.29, 1.82) is 0 Å². The zero-order chi connectivity index (χ0) is 11.0. The fourth-order valence-electron chi connectivity index (χ4n) is 2.03. The van der Waals surface area contributed by atoms with E-state index in [2.05, 4.69) is 4.98 Å². The van der Waals surface area contributed by atoms with Crippen molar-refractivity contribution < 1.29 is 9.52 Å². The van der Waals surface area contributed by atoms with Crippen molar-refractivity contribution in [3.63, 3.8) is 0 Å². The van der Waals surface area contributed by atoms with E-state index in [9.17, 15) is 5.11 Å². The lowest BCUT2D eigenvalue weighted by Gasteiger charge is -2.05. The van der Waals surface area contributed by atoms with Crippen LogP contribution >= 0.6 is 0 Å². The number of oxazole rings is 1. The number of nitrogens with zero attached hydrogens (tertiary/aromatic N) is 1. The molecule has 2 aromatic rings. The summed E-state index contributed by atoms with van der Waals surface area (Å²) in [5.74, 6) is 1.38. The van der Waals surface area contributed by atoms with Crippen LogP contribution in [0, 0.1) is 5.92 Å². The highest BCUT2D eigenvalue weighted by atomic mass is 16.4. The fourth-order valence-corrected chi connectivity index (χ4v) is 2.03. The monoisotopic (exact) mass is 217 g/mol. The summed E-state index contributed by atoms with van der Waals surface area (Å²) in [7, 11) is 0. The van der Waals surface area contributed by atoms with Crippen molar-refractivity contribution in [2.75, 3.05) is 0 Å². The molecule has 1 aromatic carbocycles. The Bertz CT molecular complexity index is 454. The Balaban J connectivity index is 1.72. The van der Waals surface area contributed by atoms with Crippen LogP contribution in [0.15, 0.2) is 28.7 Å². The van der Waals surface area contributed by atoms with Crippen LogP contribution in [0.25, 0.3) is 11.1 Å². The Labute approximate surface area is 94.1 Å². The van der Waals surface area contributed by atoms with Gasteiger partial charge in [-0.3, -0.25) is 0 Å². The minimum absolute atomic E-state index is 0.305. The Kier molecular flexibility index (Phi) is 2.40. The third-order valence-corrected chi connectivity index (χ3v) is 3.05.